The largest absolute Gasteiger partial charge is 0.460 e. The van der Waals surface area contributed by atoms with Gasteiger partial charge in [0.25, 0.3) is 5.82 Å². The third-order valence-corrected chi connectivity index (χ3v) is 1.75. The molecule has 2 heterocycles. The zero-order valence-corrected chi connectivity index (χ0v) is 8.57. The van der Waals surface area contributed by atoms with Gasteiger partial charge in [-0.2, -0.15) is 0 Å². The number of esters is 1. The summed E-state index contributed by atoms with van der Waals surface area (Å²) < 4.78 is 4.74. The SMILES string of the molecule is CCOC(=O)c1nnn(-c2cccnc2)n1. The Morgan fingerprint density at radius 3 is 3.12 bits per heavy atom. The van der Waals surface area contributed by atoms with Crippen LogP contribution in [0.1, 0.15) is 17.5 Å². The Hall–Kier alpha value is -2.31. The van der Waals surface area contributed by atoms with Crippen molar-refractivity contribution in [2.45, 2.75) is 6.92 Å². The third-order valence-electron chi connectivity index (χ3n) is 1.75. The Bertz CT molecular complexity index is 482. The minimum absolute atomic E-state index is 0.0642. The summed E-state index contributed by atoms with van der Waals surface area (Å²) in [4.78, 5) is 16.4. The van der Waals surface area contributed by atoms with Gasteiger partial charge in [-0.05, 0) is 24.3 Å². The Morgan fingerprint density at radius 2 is 2.44 bits per heavy atom. The van der Waals surface area contributed by atoms with Gasteiger partial charge in [0.1, 0.15) is 5.69 Å². The van der Waals surface area contributed by atoms with E-state index in [-0.39, 0.29) is 12.4 Å². The van der Waals surface area contributed by atoms with Crippen LogP contribution in [-0.4, -0.2) is 37.8 Å². The number of tetrazole rings is 1. The number of hydrogen-bond acceptors (Lipinski definition) is 6. The molecular formula is C9H9N5O2. The van der Waals surface area contributed by atoms with Gasteiger partial charge in [-0.15, -0.1) is 15.0 Å². The van der Waals surface area contributed by atoms with Crippen molar-refractivity contribution in [1.29, 1.82) is 0 Å². The highest BCUT2D eigenvalue weighted by molar-refractivity contribution is 5.84. The molecule has 0 radical (unpaired) electrons. The van der Waals surface area contributed by atoms with E-state index in [9.17, 15) is 4.79 Å². The summed E-state index contributed by atoms with van der Waals surface area (Å²) in [6, 6.07) is 3.49. The monoisotopic (exact) mass is 219 g/mol. The maximum absolute atomic E-state index is 11.3. The second-order valence-corrected chi connectivity index (χ2v) is 2.83. The number of carbonyl (C=O) groups is 1. The standard InChI is InChI=1S/C9H9N5O2/c1-2-16-9(15)8-11-13-14(12-8)7-4-3-5-10-6-7/h3-6H,2H2,1H3. The second-order valence-electron chi connectivity index (χ2n) is 2.83. The van der Waals surface area contributed by atoms with Crippen molar-refractivity contribution in [3.05, 3.63) is 30.4 Å². The molecule has 2 aromatic rings. The van der Waals surface area contributed by atoms with Crippen molar-refractivity contribution >= 4 is 5.97 Å². The first kappa shape index (κ1) is 10.2. The molecule has 0 saturated carbocycles. The van der Waals surface area contributed by atoms with Gasteiger partial charge in [-0.1, -0.05) is 0 Å². The van der Waals surface area contributed by atoms with E-state index in [0.29, 0.717) is 5.69 Å². The van der Waals surface area contributed by atoms with Crippen molar-refractivity contribution in [2.24, 2.45) is 0 Å². The molecule has 0 atom stereocenters. The summed E-state index contributed by atoms with van der Waals surface area (Å²) in [6.07, 6.45) is 3.20. The van der Waals surface area contributed by atoms with Gasteiger partial charge >= 0.3 is 5.97 Å². The highest BCUT2D eigenvalue weighted by atomic mass is 16.5. The van der Waals surface area contributed by atoms with Gasteiger partial charge in [0.15, 0.2) is 0 Å². The van der Waals surface area contributed by atoms with Gasteiger partial charge in [0.2, 0.25) is 0 Å². The highest BCUT2D eigenvalue weighted by Crippen LogP contribution is 2.01. The summed E-state index contributed by atoms with van der Waals surface area (Å²) in [5.41, 5.74) is 0.630. The van der Waals surface area contributed by atoms with E-state index in [4.69, 9.17) is 4.74 Å². The molecule has 0 aliphatic rings. The lowest BCUT2D eigenvalue weighted by Gasteiger charge is -1.95. The molecule has 0 unspecified atom stereocenters. The molecule has 0 amide bonds. The van der Waals surface area contributed by atoms with Crippen LogP contribution in [0.3, 0.4) is 0 Å². The number of pyridine rings is 1. The molecule has 2 aromatic heterocycles. The van der Waals surface area contributed by atoms with Gasteiger partial charge < -0.3 is 4.74 Å². The molecule has 7 heteroatoms. The van der Waals surface area contributed by atoms with Gasteiger partial charge in [-0.3, -0.25) is 4.98 Å². The lowest BCUT2D eigenvalue weighted by atomic mass is 10.4. The first-order chi connectivity index (χ1) is 7.81. The van der Waals surface area contributed by atoms with Crippen LogP contribution in [0.2, 0.25) is 0 Å². The van der Waals surface area contributed by atoms with Crippen molar-refractivity contribution in [1.82, 2.24) is 25.2 Å². The fourth-order valence-electron chi connectivity index (χ4n) is 1.07. The van der Waals surface area contributed by atoms with E-state index in [1.54, 1.807) is 31.5 Å². The quantitative estimate of drug-likeness (QED) is 0.687. The average molecular weight is 219 g/mol. The van der Waals surface area contributed by atoms with Crippen LogP contribution in [0.15, 0.2) is 24.5 Å². The van der Waals surface area contributed by atoms with E-state index in [1.165, 1.54) is 4.80 Å². The molecule has 0 bridgehead atoms. The third kappa shape index (κ3) is 2.02. The van der Waals surface area contributed by atoms with Crippen LogP contribution in [0.5, 0.6) is 0 Å². The predicted octanol–water partition coefficient (Wildman–Crippen LogP) is 0.234. The fraction of sp³-hybridized carbons (Fsp3) is 0.222. The van der Waals surface area contributed by atoms with Crippen molar-refractivity contribution in [2.75, 3.05) is 6.61 Å². The van der Waals surface area contributed by atoms with E-state index < -0.39 is 5.97 Å². The topological polar surface area (TPSA) is 82.8 Å². The average Bonchev–Trinajstić information content (AvgIpc) is 2.80. The minimum atomic E-state index is -0.586. The summed E-state index contributed by atoms with van der Waals surface area (Å²) in [5, 5.41) is 11.2. The molecular weight excluding hydrogens is 210 g/mol. The van der Waals surface area contributed by atoms with Crippen molar-refractivity contribution in [3.63, 3.8) is 0 Å². The Labute approximate surface area is 91.1 Å². The number of ether oxygens (including phenoxy) is 1. The van der Waals surface area contributed by atoms with E-state index in [1.807, 2.05) is 0 Å². The summed E-state index contributed by atoms with van der Waals surface area (Å²) >= 11 is 0. The van der Waals surface area contributed by atoms with Crippen LogP contribution in [0.4, 0.5) is 0 Å². The number of rotatable bonds is 3. The maximum atomic E-state index is 11.3. The Morgan fingerprint density at radius 1 is 1.56 bits per heavy atom. The number of nitrogens with zero attached hydrogens (tertiary/aromatic N) is 5. The molecule has 82 valence electrons. The molecule has 0 saturated heterocycles. The maximum Gasteiger partial charge on any atom is 0.380 e. The minimum Gasteiger partial charge on any atom is -0.460 e. The van der Waals surface area contributed by atoms with Crippen LogP contribution in [0, 0.1) is 0 Å². The molecule has 0 fully saturated rings. The molecule has 0 aliphatic heterocycles. The molecule has 0 aliphatic carbocycles. The van der Waals surface area contributed by atoms with Crippen molar-refractivity contribution < 1.29 is 9.53 Å². The summed E-state index contributed by atoms with van der Waals surface area (Å²) in [6.45, 7) is 1.99. The molecule has 16 heavy (non-hydrogen) atoms. The Balaban J connectivity index is 2.23. The molecule has 7 nitrogen and oxygen atoms in total. The number of hydrogen-bond donors (Lipinski definition) is 0. The fourth-order valence-corrected chi connectivity index (χ4v) is 1.07. The Kier molecular flexibility index (Phi) is 2.86. The molecule has 0 N–H and O–H groups in total. The molecule has 2 rings (SSSR count). The highest BCUT2D eigenvalue weighted by Gasteiger charge is 2.14. The summed E-state index contributed by atoms with van der Waals surface area (Å²) in [5.74, 6) is -0.650. The zero-order chi connectivity index (χ0) is 11.4. The van der Waals surface area contributed by atoms with Gasteiger partial charge in [-0.25, -0.2) is 4.79 Å². The second kappa shape index (κ2) is 4.47. The van der Waals surface area contributed by atoms with Crippen LogP contribution >= 0.6 is 0 Å². The van der Waals surface area contributed by atoms with Crippen LogP contribution in [0.25, 0.3) is 5.69 Å². The molecule has 0 aromatic carbocycles. The van der Waals surface area contributed by atoms with Crippen molar-refractivity contribution in [3.8, 4) is 5.69 Å². The predicted molar refractivity (Wildman–Crippen MR) is 52.9 cm³/mol. The first-order valence-corrected chi connectivity index (χ1v) is 4.69. The molecule has 0 spiro atoms. The van der Waals surface area contributed by atoms with E-state index in [2.05, 4.69) is 20.4 Å². The summed E-state index contributed by atoms with van der Waals surface area (Å²) in [7, 11) is 0. The smallest absolute Gasteiger partial charge is 0.380 e. The van der Waals surface area contributed by atoms with Crippen LogP contribution in [-0.2, 0) is 4.74 Å². The van der Waals surface area contributed by atoms with Gasteiger partial charge in [0, 0.05) is 6.20 Å². The lowest BCUT2D eigenvalue weighted by molar-refractivity contribution is 0.0512. The van der Waals surface area contributed by atoms with Gasteiger partial charge in [0.05, 0.1) is 12.8 Å². The number of aromatic nitrogens is 5. The van der Waals surface area contributed by atoms with Crippen LogP contribution < -0.4 is 0 Å². The van der Waals surface area contributed by atoms with E-state index >= 15 is 0 Å². The van der Waals surface area contributed by atoms with E-state index in [0.717, 1.165) is 0 Å². The normalized spacial score (nSPS) is 10.1. The lowest BCUT2D eigenvalue weighted by Crippen LogP contribution is -2.07. The first-order valence-electron chi connectivity index (χ1n) is 4.69. The zero-order valence-electron chi connectivity index (χ0n) is 8.57. The number of carbonyl (C=O) groups excluding carboxylic acids is 1.